The van der Waals surface area contributed by atoms with E-state index in [-0.39, 0.29) is 41.5 Å². The molecule has 2 bridgehead atoms. The zero-order valence-electron chi connectivity index (χ0n) is 16.5. The Balaban J connectivity index is 1.63. The average Bonchev–Trinajstić information content (AvgIpc) is 3.34. The number of nitrogens with one attached hydrogen (secondary N) is 2. The fraction of sp³-hybridized carbons (Fsp3) is 0.850. The highest BCUT2D eigenvalue weighted by molar-refractivity contribution is 8.02. The molecule has 3 N–H and O–H groups in total. The molecule has 1 saturated carbocycles. The minimum Gasteiger partial charge on any atom is -0.396 e. The molecule has 0 aromatic heterocycles. The van der Waals surface area contributed by atoms with Crippen LogP contribution in [0.2, 0.25) is 0 Å². The standard InChI is InChI=1S/C20H31N3O4S/c1-21-17(25)14-13-8-9-20(28-13)15(14)19(27)23(10-5-11-24)16(20)18(26)22-12-6-3-2-4-7-12/h12-16,24H,2-11H2,1H3,(H,21,25)(H,22,26)/t13-,14+,15+,16?,20?/m1/s1. The summed E-state index contributed by atoms with van der Waals surface area (Å²) in [5.74, 6) is -1.03. The van der Waals surface area contributed by atoms with E-state index < -0.39 is 16.7 Å². The number of likely N-dealkylation sites (tertiary alicyclic amines) is 1. The molecule has 4 rings (SSSR count). The first-order valence-electron chi connectivity index (χ1n) is 10.6. The topological polar surface area (TPSA) is 98.7 Å². The van der Waals surface area contributed by atoms with E-state index in [9.17, 15) is 19.5 Å². The molecular formula is C20H31N3O4S. The molecule has 8 heteroatoms. The maximum atomic E-state index is 13.4. The summed E-state index contributed by atoms with van der Waals surface area (Å²) in [6, 6.07) is -0.354. The van der Waals surface area contributed by atoms with Crippen LogP contribution in [0.25, 0.3) is 0 Å². The Bertz CT molecular complexity index is 653. The molecule has 0 aromatic rings. The van der Waals surface area contributed by atoms with E-state index in [0.717, 1.165) is 38.5 Å². The van der Waals surface area contributed by atoms with Gasteiger partial charge in [-0.05, 0) is 32.1 Å². The fourth-order valence-corrected chi connectivity index (χ4v) is 8.15. The summed E-state index contributed by atoms with van der Waals surface area (Å²) >= 11 is 1.69. The summed E-state index contributed by atoms with van der Waals surface area (Å²) in [4.78, 5) is 41.0. The lowest BCUT2D eigenvalue weighted by atomic mass is 9.70. The van der Waals surface area contributed by atoms with Crippen LogP contribution < -0.4 is 10.6 Å². The molecule has 3 saturated heterocycles. The van der Waals surface area contributed by atoms with Crippen molar-refractivity contribution in [2.75, 3.05) is 20.2 Å². The number of aliphatic hydroxyl groups excluding tert-OH is 1. The number of carbonyl (C=O) groups is 3. The van der Waals surface area contributed by atoms with Gasteiger partial charge in [0.2, 0.25) is 17.7 Å². The van der Waals surface area contributed by atoms with Crippen molar-refractivity contribution in [3.63, 3.8) is 0 Å². The summed E-state index contributed by atoms with van der Waals surface area (Å²) in [6.07, 6.45) is 7.58. The van der Waals surface area contributed by atoms with Crippen molar-refractivity contribution in [1.82, 2.24) is 15.5 Å². The first kappa shape index (κ1) is 20.0. The van der Waals surface area contributed by atoms with Crippen LogP contribution >= 0.6 is 11.8 Å². The van der Waals surface area contributed by atoms with Crippen LogP contribution in [0.1, 0.15) is 51.4 Å². The van der Waals surface area contributed by atoms with Gasteiger partial charge >= 0.3 is 0 Å². The van der Waals surface area contributed by atoms with E-state index >= 15 is 0 Å². The van der Waals surface area contributed by atoms with Crippen molar-refractivity contribution in [3.05, 3.63) is 0 Å². The maximum absolute atomic E-state index is 13.4. The number of hydrogen-bond donors (Lipinski definition) is 3. The van der Waals surface area contributed by atoms with Gasteiger partial charge in [-0.25, -0.2) is 0 Å². The summed E-state index contributed by atoms with van der Waals surface area (Å²) in [6.45, 7) is 0.342. The Morgan fingerprint density at radius 1 is 1.21 bits per heavy atom. The lowest BCUT2D eigenvalue weighted by Crippen LogP contribution is -2.55. The van der Waals surface area contributed by atoms with Crippen LogP contribution in [0.5, 0.6) is 0 Å². The SMILES string of the molecule is CNC(=O)[C@@H]1[C@H]2C(=O)N(CCCO)C(C(=O)NC3CCCCC3)C23CC[C@H]1S3. The lowest BCUT2D eigenvalue weighted by Gasteiger charge is -2.35. The van der Waals surface area contributed by atoms with Crippen LogP contribution in [0.4, 0.5) is 0 Å². The molecule has 156 valence electrons. The molecule has 28 heavy (non-hydrogen) atoms. The van der Waals surface area contributed by atoms with Gasteiger partial charge in [0.05, 0.1) is 16.6 Å². The predicted molar refractivity (Wildman–Crippen MR) is 107 cm³/mol. The second-order valence-electron chi connectivity index (χ2n) is 8.62. The quantitative estimate of drug-likeness (QED) is 0.598. The number of hydrogen-bond acceptors (Lipinski definition) is 5. The molecule has 7 nitrogen and oxygen atoms in total. The monoisotopic (exact) mass is 409 g/mol. The number of thioether (sulfide) groups is 1. The van der Waals surface area contributed by atoms with Crippen LogP contribution in [0, 0.1) is 11.8 Å². The third-order valence-electron chi connectivity index (χ3n) is 7.11. The number of fused-ring (bicyclic) bond motifs is 1. The summed E-state index contributed by atoms with van der Waals surface area (Å²) < 4.78 is -0.507. The Kier molecular flexibility index (Phi) is 5.62. The normalized spacial score (nSPS) is 37.2. The third kappa shape index (κ3) is 3.03. The van der Waals surface area contributed by atoms with Gasteiger partial charge < -0.3 is 20.6 Å². The second-order valence-corrected chi connectivity index (χ2v) is 10.2. The van der Waals surface area contributed by atoms with Crippen molar-refractivity contribution in [2.24, 2.45) is 11.8 Å². The van der Waals surface area contributed by atoms with Crippen molar-refractivity contribution < 1.29 is 19.5 Å². The zero-order chi connectivity index (χ0) is 19.9. The summed E-state index contributed by atoms with van der Waals surface area (Å²) in [7, 11) is 1.61. The molecule has 3 amide bonds. The molecule has 3 aliphatic heterocycles. The van der Waals surface area contributed by atoms with E-state index in [1.54, 1.807) is 23.7 Å². The van der Waals surface area contributed by atoms with Gasteiger partial charge in [0.1, 0.15) is 6.04 Å². The predicted octanol–water partition coefficient (Wildman–Crippen LogP) is 0.655. The lowest BCUT2D eigenvalue weighted by molar-refractivity contribution is -0.140. The average molecular weight is 410 g/mol. The first-order chi connectivity index (χ1) is 13.5. The van der Waals surface area contributed by atoms with Crippen LogP contribution in [0.3, 0.4) is 0 Å². The number of carbonyl (C=O) groups excluding carboxylic acids is 3. The highest BCUT2D eigenvalue weighted by Crippen LogP contribution is 2.66. The molecule has 3 heterocycles. The van der Waals surface area contributed by atoms with Crippen LogP contribution in [-0.4, -0.2) is 70.0 Å². The number of aliphatic hydroxyl groups is 1. The van der Waals surface area contributed by atoms with Gasteiger partial charge in [-0.2, -0.15) is 0 Å². The number of rotatable bonds is 6. The van der Waals surface area contributed by atoms with Gasteiger partial charge in [-0.1, -0.05) is 19.3 Å². The Labute approximate surface area is 170 Å². The maximum Gasteiger partial charge on any atom is 0.244 e. The number of nitrogens with zero attached hydrogens (tertiary/aromatic N) is 1. The molecule has 4 aliphatic rings. The van der Waals surface area contributed by atoms with Crippen LogP contribution in [0.15, 0.2) is 0 Å². The first-order valence-corrected chi connectivity index (χ1v) is 11.5. The third-order valence-corrected chi connectivity index (χ3v) is 9.06. The minimum atomic E-state index is -0.539. The molecule has 0 radical (unpaired) electrons. The molecule has 1 spiro atoms. The minimum absolute atomic E-state index is 0.0208. The van der Waals surface area contributed by atoms with Crippen molar-refractivity contribution in [2.45, 2.75) is 73.4 Å². The van der Waals surface area contributed by atoms with Gasteiger partial charge in [0.25, 0.3) is 0 Å². The van der Waals surface area contributed by atoms with Gasteiger partial charge in [-0.15, -0.1) is 11.8 Å². The molecule has 0 aromatic carbocycles. The van der Waals surface area contributed by atoms with Crippen molar-refractivity contribution in [1.29, 1.82) is 0 Å². The molecule has 4 fully saturated rings. The van der Waals surface area contributed by atoms with Gasteiger partial charge in [0.15, 0.2) is 0 Å². The molecule has 2 unspecified atom stereocenters. The van der Waals surface area contributed by atoms with E-state index in [0.29, 0.717) is 13.0 Å². The second kappa shape index (κ2) is 7.86. The fourth-order valence-electron chi connectivity index (χ4n) is 5.93. The molecule has 1 aliphatic carbocycles. The van der Waals surface area contributed by atoms with Crippen LogP contribution in [-0.2, 0) is 14.4 Å². The molecular weight excluding hydrogens is 378 g/mol. The van der Waals surface area contributed by atoms with E-state index in [4.69, 9.17) is 0 Å². The van der Waals surface area contributed by atoms with E-state index in [1.807, 2.05) is 0 Å². The smallest absolute Gasteiger partial charge is 0.244 e. The van der Waals surface area contributed by atoms with Gasteiger partial charge in [-0.3, -0.25) is 14.4 Å². The van der Waals surface area contributed by atoms with Crippen molar-refractivity contribution in [3.8, 4) is 0 Å². The highest BCUT2D eigenvalue weighted by Gasteiger charge is 2.73. The zero-order valence-corrected chi connectivity index (χ0v) is 17.3. The Morgan fingerprint density at radius 2 is 1.96 bits per heavy atom. The van der Waals surface area contributed by atoms with Crippen molar-refractivity contribution >= 4 is 29.5 Å². The molecule has 5 atom stereocenters. The highest BCUT2D eigenvalue weighted by atomic mass is 32.2. The summed E-state index contributed by atoms with van der Waals surface area (Å²) in [5.41, 5.74) is 0. The Morgan fingerprint density at radius 3 is 2.64 bits per heavy atom. The largest absolute Gasteiger partial charge is 0.396 e. The van der Waals surface area contributed by atoms with E-state index in [1.165, 1.54) is 6.42 Å². The number of amides is 3. The Hall–Kier alpha value is -1.28. The van der Waals surface area contributed by atoms with E-state index in [2.05, 4.69) is 10.6 Å². The summed E-state index contributed by atoms with van der Waals surface area (Å²) in [5, 5.41) is 15.4. The van der Waals surface area contributed by atoms with Gasteiger partial charge in [0, 0.05) is 31.5 Å².